The maximum atomic E-state index is 12.8. The number of nitrogens with zero attached hydrogens (tertiary/aromatic N) is 1. The summed E-state index contributed by atoms with van der Waals surface area (Å²) in [7, 11) is 0. The molecule has 0 saturated heterocycles. The van der Waals surface area contributed by atoms with E-state index in [-0.39, 0.29) is 18.6 Å². The molecule has 1 aromatic carbocycles. The Balaban J connectivity index is 1.50. The summed E-state index contributed by atoms with van der Waals surface area (Å²) in [6.45, 7) is 1.89. The van der Waals surface area contributed by atoms with Crippen LogP contribution in [0.25, 0.3) is 21.5 Å². The van der Waals surface area contributed by atoms with E-state index in [1.165, 1.54) is 6.42 Å². The highest BCUT2D eigenvalue weighted by atomic mass is 32.1. The first-order chi connectivity index (χ1) is 14.1. The number of carbonyl (C=O) groups is 2. The molecule has 2 unspecified atom stereocenters. The maximum absolute atomic E-state index is 12.8. The summed E-state index contributed by atoms with van der Waals surface area (Å²) < 4.78 is 5.37. The number of ether oxygens (including phenoxy) is 1. The number of benzene rings is 1. The van der Waals surface area contributed by atoms with Crippen LogP contribution < -0.4 is 5.32 Å². The van der Waals surface area contributed by atoms with Crippen LogP contribution >= 0.6 is 11.3 Å². The summed E-state index contributed by atoms with van der Waals surface area (Å²) in [4.78, 5) is 30.8. The monoisotopic (exact) mass is 408 g/mol. The zero-order valence-electron chi connectivity index (χ0n) is 16.4. The molecule has 0 spiro atoms. The fourth-order valence-corrected chi connectivity index (χ4v) is 4.57. The Kier molecular flexibility index (Phi) is 5.90. The van der Waals surface area contributed by atoms with Crippen LogP contribution in [0.1, 0.15) is 43.0 Å². The largest absolute Gasteiger partial charge is 0.452 e. The average molecular weight is 409 g/mol. The van der Waals surface area contributed by atoms with E-state index in [1.54, 1.807) is 17.4 Å². The molecule has 6 heteroatoms. The molecule has 0 radical (unpaired) electrons. The van der Waals surface area contributed by atoms with Crippen molar-refractivity contribution in [2.45, 2.75) is 38.6 Å². The molecule has 0 bridgehead atoms. The van der Waals surface area contributed by atoms with Gasteiger partial charge in [-0.1, -0.05) is 44.0 Å². The number of rotatable bonds is 5. The van der Waals surface area contributed by atoms with Crippen LogP contribution in [0, 0.1) is 5.92 Å². The van der Waals surface area contributed by atoms with Crippen LogP contribution in [-0.2, 0) is 9.53 Å². The van der Waals surface area contributed by atoms with Gasteiger partial charge < -0.3 is 10.1 Å². The third kappa shape index (κ3) is 4.48. The van der Waals surface area contributed by atoms with E-state index in [0.29, 0.717) is 11.5 Å². The van der Waals surface area contributed by atoms with Crippen molar-refractivity contribution in [2.75, 3.05) is 6.61 Å². The molecule has 5 nitrogen and oxygen atoms in total. The number of nitrogens with one attached hydrogen (secondary N) is 1. The highest BCUT2D eigenvalue weighted by Gasteiger charge is 2.23. The van der Waals surface area contributed by atoms with Gasteiger partial charge in [0.1, 0.15) is 0 Å². The van der Waals surface area contributed by atoms with E-state index in [0.717, 1.165) is 40.7 Å². The summed E-state index contributed by atoms with van der Waals surface area (Å²) in [5.41, 5.74) is 1.88. The molecular formula is C23H24N2O3S. The lowest BCUT2D eigenvalue weighted by atomic mass is 9.86. The summed E-state index contributed by atoms with van der Waals surface area (Å²) in [5, 5.41) is 5.71. The summed E-state index contributed by atoms with van der Waals surface area (Å²) in [5.74, 6) is -0.289. The number of pyridine rings is 1. The van der Waals surface area contributed by atoms with Crippen molar-refractivity contribution in [1.29, 1.82) is 0 Å². The summed E-state index contributed by atoms with van der Waals surface area (Å²) >= 11 is 1.56. The number of hydrogen-bond acceptors (Lipinski definition) is 5. The number of amides is 1. The Hall–Kier alpha value is -2.73. The standard InChI is InChI=1S/C23H24N2O3S/c1-15-7-2-4-9-18(15)25-22(26)14-28-23(27)17-13-20(21-11-6-12-29-21)24-19-10-5-3-8-16(17)19/h3,5-6,8,10-13,15,18H,2,4,7,9,14H2,1H3,(H,25,26). The van der Waals surface area contributed by atoms with Gasteiger partial charge in [0.15, 0.2) is 6.61 Å². The van der Waals surface area contributed by atoms with E-state index in [2.05, 4.69) is 17.2 Å². The Morgan fingerprint density at radius 2 is 2.00 bits per heavy atom. The van der Waals surface area contributed by atoms with Gasteiger partial charge in [0.25, 0.3) is 5.91 Å². The van der Waals surface area contributed by atoms with E-state index >= 15 is 0 Å². The van der Waals surface area contributed by atoms with Crippen molar-refractivity contribution in [3.05, 3.63) is 53.4 Å². The molecule has 1 aliphatic rings. The normalized spacial score (nSPS) is 19.1. The van der Waals surface area contributed by atoms with Gasteiger partial charge >= 0.3 is 5.97 Å². The predicted octanol–water partition coefficient (Wildman–Crippen LogP) is 4.82. The van der Waals surface area contributed by atoms with E-state index in [4.69, 9.17) is 4.74 Å². The Morgan fingerprint density at radius 1 is 1.17 bits per heavy atom. The van der Waals surface area contributed by atoms with Crippen LogP contribution in [0.15, 0.2) is 47.8 Å². The van der Waals surface area contributed by atoms with Crippen LogP contribution in [0.4, 0.5) is 0 Å². The Morgan fingerprint density at radius 3 is 2.79 bits per heavy atom. The molecule has 29 heavy (non-hydrogen) atoms. The second-order valence-corrected chi connectivity index (χ2v) is 8.51. The minimum absolute atomic E-state index is 0.169. The number of carbonyl (C=O) groups excluding carboxylic acids is 2. The molecule has 4 rings (SSSR count). The average Bonchev–Trinajstić information content (AvgIpc) is 3.28. The third-order valence-electron chi connectivity index (χ3n) is 5.50. The Bertz CT molecular complexity index is 1020. The van der Waals surface area contributed by atoms with Gasteiger partial charge in [0.2, 0.25) is 0 Å². The molecule has 0 aliphatic heterocycles. The predicted molar refractivity (Wildman–Crippen MR) is 115 cm³/mol. The van der Waals surface area contributed by atoms with Gasteiger partial charge in [0.05, 0.1) is 21.7 Å². The van der Waals surface area contributed by atoms with Gasteiger partial charge in [-0.25, -0.2) is 9.78 Å². The van der Waals surface area contributed by atoms with Gasteiger partial charge in [-0.05, 0) is 42.3 Å². The molecular weight excluding hydrogens is 384 g/mol. The molecule has 2 aromatic heterocycles. The van der Waals surface area contributed by atoms with Gasteiger partial charge in [-0.15, -0.1) is 11.3 Å². The minimum atomic E-state index is -0.506. The van der Waals surface area contributed by atoms with Crippen molar-refractivity contribution in [2.24, 2.45) is 5.92 Å². The molecule has 1 aliphatic carbocycles. The van der Waals surface area contributed by atoms with Crippen LogP contribution in [0.5, 0.6) is 0 Å². The number of thiophene rings is 1. The van der Waals surface area contributed by atoms with Crippen LogP contribution in [0.3, 0.4) is 0 Å². The third-order valence-corrected chi connectivity index (χ3v) is 6.39. The summed E-state index contributed by atoms with van der Waals surface area (Å²) in [6.07, 6.45) is 4.45. The molecule has 1 saturated carbocycles. The number of aromatic nitrogens is 1. The van der Waals surface area contributed by atoms with E-state index in [1.807, 2.05) is 41.8 Å². The second-order valence-electron chi connectivity index (χ2n) is 7.56. The molecule has 150 valence electrons. The highest BCUT2D eigenvalue weighted by Crippen LogP contribution is 2.28. The molecule has 1 amide bonds. The van der Waals surface area contributed by atoms with Crippen molar-refractivity contribution in [1.82, 2.24) is 10.3 Å². The number of para-hydroxylation sites is 1. The topological polar surface area (TPSA) is 68.3 Å². The lowest BCUT2D eigenvalue weighted by Gasteiger charge is -2.29. The number of esters is 1. The van der Waals surface area contributed by atoms with Crippen molar-refractivity contribution >= 4 is 34.1 Å². The minimum Gasteiger partial charge on any atom is -0.452 e. The molecule has 3 aromatic rings. The molecule has 1 fully saturated rings. The van der Waals surface area contributed by atoms with E-state index < -0.39 is 5.97 Å². The van der Waals surface area contributed by atoms with Crippen molar-refractivity contribution < 1.29 is 14.3 Å². The van der Waals surface area contributed by atoms with E-state index in [9.17, 15) is 9.59 Å². The lowest BCUT2D eigenvalue weighted by Crippen LogP contribution is -2.42. The lowest BCUT2D eigenvalue weighted by molar-refractivity contribution is -0.125. The quantitative estimate of drug-likeness (QED) is 0.615. The second kappa shape index (κ2) is 8.74. The zero-order chi connectivity index (χ0) is 20.2. The van der Waals surface area contributed by atoms with Crippen molar-refractivity contribution in [3.8, 4) is 10.6 Å². The number of hydrogen-bond donors (Lipinski definition) is 1. The fourth-order valence-electron chi connectivity index (χ4n) is 3.88. The Labute approximate surface area is 174 Å². The smallest absolute Gasteiger partial charge is 0.339 e. The van der Waals surface area contributed by atoms with Crippen LogP contribution in [0.2, 0.25) is 0 Å². The number of fused-ring (bicyclic) bond motifs is 1. The molecule has 2 atom stereocenters. The molecule has 2 heterocycles. The van der Waals surface area contributed by atoms with Crippen molar-refractivity contribution in [3.63, 3.8) is 0 Å². The van der Waals surface area contributed by atoms with Crippen LogP contribution in [-0.4, -0.2) is 29.5 Å². The summed E-state index contributed by atoms with van der Waals surface area (Å²) in [6, 6.07) is 13.3. The first-order valence-corrected chi connectivity index (χ1v) is 10.9. The first-order valence-electron chi connectivity index (χ1n) is 10.0. The van der Waals surface area contributed by atoms with Gasteiger partial charge in [-0.2, -0.15) is 0 Å². The first kappa shape index (κ1) is 19.6. The maximum Gasteiger partial charge on any atom is 0.339 e. The SMILES string of the molecule is CC1CCCCC1NC(=O)COC(=O)c1cc(-c2cccs2)nc2ccccc12. The van der Waals surface area contributed by atoms with Gasteiger partial charge in [-0.3, -0.25) is 4.79 Å². The fraction of sp³-hybridized carbons (Fsp3) is 0.348. The molecule has 1 N–H and O–H groups in total. The highest BCUT2D eigenvalue weighted by molar-refractivity contribution is 7.13. The zero-order valence-corrected chi connectivity index (χ0v) is 17.2. The van der Waals surface area contributed by atoms with Gasteiger partial charge in [0, 0.05) is 11.4 Å².